The van der Waals surface area contributed by atoms with Gasteiger partial charge in [-0.15, -0.1) is 11.8 Å². The Morgan fingerprint density at radius 3 is 2.81 bits per heavy atom. The molecule has 0 radical (unpaired) electrons. The van der Waals surface area contributed by atoms with Crippen LogP contribution in [0, 0.1) is 0 Å². The summed E-state index contributed by atoms with van der Waals surface area (Å²) in [5.74, 6) is 0.0972. The number of carbonyl (C=O) groups is 1. The van der Waals surface area contributed by atoms with Gasteiger partial charge in [0.2, 0.25) is 5.91 Å². The van der Waals surface area contributed by atoms with Crippen molar-refractivity contribution in [3.8, 4) is 0 Å². The summed E-state index contributed by atoms with van der Waals surface area (Å²) in [5, 5.41) is 5.96. The first kappa shape index (κ1) is 12.9. The van der Waals surface area contributed by atoms with Crippen molar-refractivity contribution in [3.05, 3.63) is 24.3 Å². The summed E-state index contributed by atoms with van der Waals surface area (Å²) >= 11 is 1.72. The third-order valence-electron chi connectivity index (χ3n) is 2.28. The van der Waals surface area contributed by atoms with E-state index in [-0.39, 0.29) is 5.91 Å². The van der Waals surface area contributed by atoms with E-state index in [1.807, 2.05) is 12.1 Å². The van der Waals surface area contributed by atoms with Crippen LogP contribution in [0.4, 0.5) is 5.69 Å². The summed E-state index contributed by atoms with van der Waals surface area (Å²) < 4.78 is 0. The van der Waals surface area contributed by atoms with Crippen LogP contribution in [0.5, 0.6) is 0 Å². The highest BCUT2D eigenvalue weighted by Crippen LogP contribution is 2.24. The van der Waals surface area contributed by atoms with Crippen LogP contribution in [-0.2, 0) is 4.79 Å². The average Bonchev–Trinajstić information content (AvgIpc) is 2.34. The summed E-state index contributed by atoms with van der Waals surface area (Å²) in [4.78, 5) is 12.2. The molecule has 1 aromatic rings. The third kappa shape index (κ3) is 4.14. The van der Waals surface area contributed by atoms with Crippen molar-refractivity contribution < 1.29 is 4.79 Å². The van der Waals surface area contributed by atoms with Crippen molar-refractivity contribution in [3.63, 3.8) is 0 Å². The van der Waals surface area contributed by atoms with Crippen LogP contribution in [0.3, 0.4) is 0 Å². The number of anilines is 1. The van der Waals surface area contributed by atoms with Gasteiger partial charge in [-0.3, -0.25) is 4.79 Å². The lowest BCUT2D eigenvalue weighted by atomic mass is 10.2. The molecule has 0 aliphatic heterocycles. The quantitative estimate of drug-likeness (QED) is 0.590. The van der Waals surface area contributed by atoms with E-state index < -0.39 is 0 Å². The second-order valence-electron chi connectivity index (χ2n) is 3.40. The van der Waals surface area contributed by atoms with E-state index in [0.29, 0.717) is 6.42 Å². The van der Waals surface area contributed by atoms with E-state index in [1.165, 1.54) is 4.90 Å². The zero-order chi connectivity index (χ0) is 11.8. The molecule has 4 heteroatoms. The molecule has 88 valence electrons. The van der Waals surface area contributed by atoms with Gasteiger partial charge in [-0.2, -0.15) is 0 Å². The fourth-order valence-electron chi connectivity index (χ4n) is 1.39. The van der Waals surface area contributed by atoms with E-state index in [4.69, 9.17) is 0 Å². The maximum atomic E-state index is 11.0. The van der Waals surface area contributed by atoms with Gasteiger partial charge in [-0.05, 0) is 24.8 Å². The molecule has 2 N–H and O–H groups in total. The van der Waals surface area contributed by atoms with E-state index in [0.717, 1.165) is 18.7 Å². The molecule has 16 heavy (non-hydrogen) atoms. The summed E-state index contributed by atoms with van der Waals surface area (Å²) in [5.41, 5.74) is 1.15. The van der Waals surface area contributed by atoms with Crippen LogP contribution in [0.15, 0.2) is 29.2 Å². The first-order chi connectivity index (χ1) is 7.77. The van der Waals surface area contributed by atoms with Gasteiger partial charge >= 0.3 is 0 Å². The number of amides is 1. The van der Waals surface area contributed by atoms with Gasteiger partial charge < -0.3 is 10.6 Å². The maximum Gasteiger partial charge on any atom is 0.219 e. The third-order valence-corrected chi connectivity index (χ3v) is 3.08. The Labute approximate surface area is 101 Å². The van der Waals surface area contributed by atoms with Gasteiger partial charge in [0.05, 0.1) is 0 Å². The number of hydrogen-bond donors (Lipinski definition) is 2. The van der Waals surface area contributed by atoms with Crippen LogP contribution in [-0.4, -0.2) is 25.8 Å². The SMILES string of the molecule is CNC(=O)CCCNc1ccccc1SC. The summed E-state index contributed by atoms with van der Waals surface area (Å²) in [7, 11) is 1.67. The van der Waals surface area contributed by atoms with Crippen LogP contribution < -0.4 is 10.6 Å². The molecule has 1 amide bonds. The van der Waals surface area contributed by atoms with Crippen LogP contribution in [0.1, 0.15) is 12.8 Å². The van der Waals surface area contributed by atoms with Crippen molar-refractivity contribution >= 4 is 23.4 Å². The highest BCUT2D eigenvalue weighted by Gasteiger charge is 2.00. The number of nitrogens with one attached hydrogen (secondary N) is 2. The smallest absolute Gasteiger partial charge is 0.219 e. The first-order valence-corrected chi connectivity index (χ1v) is 6.58. The van der Waals surface area contributed by atoms with Crippen LogP contribution >= 0.6 is 11.8 Å². The normalized spacial score (nSPS) is 9.88. The Hall–Kier alpha value is -1.16. The molecule has 0 aromatic heterocycles. The summed E-state index contributed by atoms with van der Waals surface area (Å²) in [6, 6.07) is 8.19. The average molecular weight is 238 g/mol. The molecule has 0 saturated carbocycles. The minimum absolute atomic E-state index is 0.0972. The molecule has 0 bridgehead atoms. The highest BCUT2D eigenvalue weighted by molar-refractivity contribution is 7.98. The maximum absolute atomic E-state index is 11.0. The fourth-order valence-corrected chi connectivity index (χ4v) is 1.96. The molecule has 3 nitrogen and oxygen atoms in total. The zero-order valence-corrected chi connectivity index (χ0v) is 10.6. The number of para-hydroxylation sites is 1. The van der Waals surface area contributed by atoms with Crippen molar-refractivity contribution in [1.29, 1.82) is 0 Å². The van der Waals surface area contributed by atoms with Gasteiger partial charge in [0, 0.05) is 30.6 Å². The van der Waals surface area contributed by atoms with Crippen molar-refractivity contribution in [2.75, 3.05) is 25.2 Å². The van der Waals surface area contributed by atoms with Gasteiger partial charge in [-0.25, -0.2) is 0 Å². The molecule has 1 aromatic carbocycles. The van der Waals surface area contributed by atoms with Gasteiger partial charge in [0.25, 0.3) is 0 Å². The Morgan fingerprint density at radius 1 is 1.38 bits per heavy atom. The Kier molecular flexibility index (Phi) is 5.78. The van der Waals surface area contributed by atoms with Gasteiger partial charge in [0.1, 0.15) is 0 Å². The molecule has 0 unspecified atom stereocenters. The lowest BCUT2D eigenvalue weighted by molar-refractivity contribution is -0.120. The van der Waals surface area contributed by atoms with Crippen LogP contribution in [0.2, 0.25) is 0 Å². The standard InChI is InChI=1S/C12H18N2OS/c1-13-12(15)8-5-9-14-10-6-3-4-7-11(10)16-2/h3-4,6-7,14H,5,8-9H2,1-2H3,(H,13,15). The molecular formula is C12H18N2OS. The van der Waals surface area contributed by atoms with Crippen molar-refractivity contribution in [1.82, 2.24) is 5.32 Å². The lowest BCUT2D eigenvalue weighted by Gasteiger charge is -2.09. The Morgan fingerprint density at radius 2 is 2.12 bits per heavy atom. The lowest BCUT2D eigenvalue weighted by Crippen LogP contribution is -2.18. The number of benzene rings is 1. The second-order valence-corrected chi connectivity index (χ2v) is 4.25. The van der Waals surface area contributed by atoms with E-state index >= 15 is 0 Å². The van der Waals surface area contributed by atoms with Gasteiger partial charge in [0.15, 0.2) is 0 Å². The van der Waals surface area contributed by atoms with Crippen molar-refractivity contribution in [2.45, 2.75) is 17.7 Å². The van der Waals surface area contributed by atoms with E-state index in [9.17, 15) is 4.79 Å². The molecule has 0 heterocycles. The minimum atomic E-state index is 0.0972. The minimum Gasteiger partial charge on any atom is -0.384 e. The highest BCUT2D eigenvalue weighted by atomic mass is 32.2. The number of carbonyl (C=O) groups excluding carboxylic acids is 1. The Balaban J connectivity index is 2.34. The first-order valence-electron chi connectivity index (χ1n) is 5.35. The molecule has 0 fully saturated rings. The summed E-state index contributed by atoms with van der Waals surface area (Å²) in [6.07, 6.45) is 3.48. The van der Waals surface area contributed by atoms with E-state index in [2.05, 4.69) is 29.0 Å². The number of rotatable bonds is 6. The molecule has 0 atom stereocenters. The van der Waals surface area contributed by atoms with Crippen molar-refractivity contribution in [2.24, 2.45) is 0 Å². The predicted octanol–water partition coefficient (Wildman–Crippen LogP) is 2.35. The topological polar surface area (TPSA) is 41.1 Å². The number of thioether (sulfide) groups is 1. The zero-order valence-electron chi connectivity index (χ0n) is 9.75. The molecule has 0 aliphatic carbocycles. The fraction of sp³-hybridized carbons (Fsp3) is 0.417. The molecule has 0 aliphatic rings. The predicted molar refractivity (Wildman–Crippen MR) is 70.0 cm³/mol. The Bertz CT molecular complexity index is 342. The summed E-state index contributed by atoms with van der Waals surface area (Å²) in [6.45, 7) is 0.824. The monoisotopic (exact) mass is 238 g/mol. The molecule has 1 rings (SSSR count). The second kappa shape index (κ2) is 7.17. The molecular weight excluding hydrogens is 220 g/mol. The largest absolute Gasteiger partial charge is 0.384 e. The molecule has 0 spiro atoms. The van der Waals surface area contributed by atoms with Gasteiger partial charge in [-0.1, -0.05) is 12.1 Å². The number of hydrogen-bond acceptors (Lipinski definition) is 3. The molecule has 0 saturated heterocycles. The van der Waals surface area contributed by atoms with E-state index in [1.54, 1.807) is 18.8 Å². The van der Waals surface area contributed by atoms with Crippen LogP contribution in [0.25, 0.3) is 0 Å².